The molecule has 0 bridgehead atoms. The number of fused-ring (bicyclic) bond motifs is 1. The van der Waals surface area contributed by atoms with Crippen molar-refractivity contribution in [2.75, 3.05) is 31.6 Å². The Bertz CT molecular complexity index is 987. The van der Waals surface area contributed by atoms with Crippen molar-refractivity contribution < 1.29 is 24.2 Å². The molecule has 0 aromatic heterocycles. The second-order valence-electron chi connectivity index (χ2n) is 9.14. The third-order valence-electron chi connectivity index (χ3n) is 6.43. The number of aryl methyl sites for hydroxylation is 2. The van der Waals surface area contributed by atoms with Gasteiger partial charge < -0.3 is 24.8 Å². The first-order valence-corrected chi connectivity index (χ1v) is 12.3. The van der Waals surface area contributed by atoms with Crippen molar-refractivity contribution in [3.8, 4) is 5.75 Å². The van der Waals surface area contributed by atoms with Crippen LogP contribution in [-0.4, -0.2) is 54.4 Å². The van der Waals surface area contributed by atoms with Gasteiger partial charge in [0.05, 0.1) is 6.54 Å². The van der Waals surface area contributed by atoms with Crippen LogP contribution in [0.1, 0.15) is 42.9 Å². The van der Waals surface area contributed by atoms with E-state index in [1.54, 1.807) is 6.92 Å². The number of rotatable bonds is 12. The first kappa shape index (κ1) is 24.1. The Morgan fingerprint density at radius 1 is 1.12 bits per heavy atom. The van der Waals surface area contributed by atoms with Crippen LogP contribution in [0.25, 0.3) is 0 Å². The molecule has 2 N–H and O–H groups in total. The first-order chi connectivity index (χ1) is 16.5. The van der Waals surface area contributed by atoms with Gasteiger partial charge in [0.15, 0.2) is 6.10 Å². The Kier molecular flexibility index (Phi) is 8.06. The van der Waals surface area contributed by atoms with E-state index in [0.717, 1.165) is 30.6 Å². The molecule has 0 heterocycles. The van der Waals surface area contributed by atoms with E-state index in [1.165, 1.54) is 30.4 Å². The highest BCUT2D eigenvalue weighted by Crippen LogP contribution is 2.30. The molecule has 4 rings (SSSR count). The van der Waals surface area contributed by atoms with Gasteiger partial charge >= 0.3 is 12.0 Å². The Labute approximate surface area is 201 Å². The van der Waals surface area contributed by atoms with Crippen LogP contribution in [0.5, 0.6) is 5.75 Å². The average molecular weight is 467 g/mol. The molecular formula is C27H34N2O5. The van der Waals surface area contributed by atoms with Gasteiger partial charge in [-0.25, -0.2) is 9.59 Å². The van der Waals surface area contributed by atoms with E-state index in [-0.39, 0.29) is 6.03 Å². The number of hydrogen-bond donors (Lipinski definition) is 2. The van der Waals surface area contributed by atoms with Crippen LogP contribution in [0.3, 0.4) is 0 Å². The van der Waals surface area contributed by atoms with E-state index in [0.29, 0.717) is 37.8 Å². The standard InChI is InChI=1S/C27H34N2O5/c1-2-33-25(26(30)31)16-19-8-12-24(13-9-19)34-15-14-29(18-20-6-7-20)27(32)28-23-11-10-21-4-3-5-22(21)17-23/h8-13,17,20,25H,2-7,14-16,18H2,1H3,(H,28,32)(H,30,31). The lowest BCUT2D eigenvalue weighted by Gasteiger charge is -2.23. The van der Waals surface area contributed by atoms with Crippen LogP contribution in [0.2, 0.25) is 0 Å². The summed E-state index contributed by atoms with van der Waals surface area (Å²) in [6.07, 6.45) is 5.20. The van der Waals surface area contributed by atoms with Crippen LogP contribution < -0.4 is 10.1 Å². The number of carboxylic acid groups (broad SMARTS) is 1. The number of carbonyl (C=O) groups is 2. The van der Waals surface area contributed by atoms with Gasteiger partial charge in [0.25, 0.3) is 0 Å². The van der Waals surface area contributed by atoms with Crippen molar-refractivity contribution in [1.29, 1.82) is 0 Å². The van der Waals surface area contributed by atoms with E-state index < -0.39 is 12.1 Å². The molecule has 0 radical (unpaired) electrons. The summed E-state index contributed by atoms with van der Waals surface area (Å²) in [5.74, 6) is 0.311. The molecule has 1 saturated carbocycles. The number of benzene rings is 2. The van der Waals surface area contributed by atoms with E-state index in [4.69, 9.17) is 9.47 Å². The summed E-state index contributed by atoms with van der Waals surface area (Å²) in [5, 5.41) is 12.3. The van der Waals surface area contributed by atoms with Crippen molar-refractivity contribution in [1.82, 2.24) is 4.90 Å². The minimum Gasteiger partial charge on any atom is -0.492 e. The summed E-state index contributed by atoms with van der Waals surface area (Å²) in [6, 6.07) is 13.5. The van der Waals surface area contributed by atoms with Crippen molar-refractivity contribution in [3.05, 3.63) is 59.2 Å². The zero-order valence-corrected chi connectivity index (χ0v) is 19.8. The van der Waals surface area contributed by atoms with E-state index in [2.05, 4.69) is 17.4 Å². The molecule has 34 heavy (non-hydrogen) atoms. The quantitative estimate of drug-likeness (QED) is 0.480. The highest BCUT2D eigenvalue weighted by molar-refractivity contribution is 5.89. The molecule has 0 aliphatic heterocycles. The molecule has 2 aromatic carbocycles. The lowest BCUT2D eigenvalue weighted by Crippen LogP contribution is -2.39. The van der Waals surface area contributed by atoms with E-state index in [1.807, 2.05) is 35.2 Å². The van der Waals surface area contributed by atoms with Crippen LogP contribution in [0, 0.1) is 5.92 Å². The number of aliphatic carboxylic acids is 1. The van der Waals surface area contributed by atoms with Crippen molar-refractivity contribution in [2.45, 2.75) is 51.6 Å². The summed E-state index contributed by atoms with van der Waals surface area (Å²) in [7, 11) is 0. The predicted molar refractivity (Wildman–Crippen MR) is 130 cm³/mol. The number of hydrogen-bond acceptors (Lipinski definition) is 4. The molecular weight excluding hydrogens is 432 g/mol. The SMILES string of the molecule is CCOC(Cc1ccc(OCCN(CC2CC2)C(=O)Nc2ccc3c(c2)CCC3)cc1)C(=O)O. The highest BCUT2D eigenvalue weighted by atomic mass is 16.5. The highest BCUT2D eigenvalue weighted by Gasteiger charge is 2.27. The molecule has 2 aliphatic rings. The Balaban J connectivity index is 1.28. The van der Waals surface area contributed by atoms with Crippen LogP contribution in [0.15, 0.2) is 42.5 Å². The number of carboxylic acids is 1. The Morgan fingerprint density at radius 2 is 1.88 bits per heavy atom. The van der Waals surface area contributed by atoms with Crippen LogP contribution in [0.4, 0.5) is 10.5 Å². The van der Waals surface area contributed by atoms with Crippen molar-refractivity contribution in [3.63, 3.8) is 0 Å². The number of carbonyl (C=O) groups excluding carboxylic acids is 1. The normalized spacial score (nSPS) is 15.4. The van der Waals surface area contributed by atoms with Gasteiger partial charge in [0.1, 0.15) is 12.4 Å². The van der Waals surface area contributed by atoms with E-state index in [9.17, 15) is 14.7 Å². The number of ether oxygens (including phenoxy) is 2. The third-order valence-corrected chi connectivity index (χ3v) is 6.43. The molecule has 2 aliphatic carbocycles. The fourth-order valence-electron chi connectivity index (χ4n) is 4.37. The lowest BCUT2D eigenvalue weighted by atomic mass is 10.1. The number of anilines is 1. The maximum Gasteiger partial charge on any atom is 0.333 e. The summed E-state index contributed by atoms with van der Waals surface area (Å²) < 4.78 is 11.2. The fourth-order valence-corrected chi connectivity index (χ4v) is 4.37. The molecule has 2 amide bonds. The summed E-state index contributed by atoms with van der Waals surface area (Å²) in [4.78, 5) is 26.1. The second kappa shape index (κ2) is 11.4. The molecule has 7 heteroatoms. The fraction of sp³-hybridized carbons (Fsp3) is 0.481. The molecule has 1 fully saturated rings. The molecule has 7 nitrogen and oxygen atoms in total. The zero-order valence-electron chi connectivity index (χ0n) is 19.8. The maximum absolute atomic E-state index is 13.0. The summed E-state index contributed by atoms with van der Waals surface area (Å²) in [5.41, 5.74) is 4.46. The number of nitrogens with zero attached hydrogens (tertiary/aromatic N) is 1. The number of nitrogens with one attached hydrogen (secondary N) is 1. The van der Waals surface area contributed by atoms with Crippen molar-refractivity contribution in [2.24, 2.45) is 5.92 Å². The smallest absolute Gasteiger partial charge is 0.333 e. The monoisotopic (exact) mass is 466 g/mol. The largest absolute Gasteiger partial charge is 0.492 e. The van der Waals surface area contributed by atoms with Gasteiger partial charge in [0, 0.05) is 25.3 Å². The first-order valence-electron chi connectivity index (χ1n) is 12.3. The third kappa shape index (κ3) is 6.73. The van der Waals surface area contributed by atoms with Gasteiger partial charge in [-0.15, -0.1) is 0 Å². The van der Waals surface area contributed by atoms with Gasteiger partial charge in [-0.2, -0.15) is 0 Å². The maximum atomic E-state index is 13.0. The van der Waals surface area contributed by atoms with Gasteiger partial charge in [-0.3, -0.25) is 0 Å². The molecule has 2 aromatic rings. The van der Waals surface area contributed by atoms with Gasteiger partial charge in [0.2, 0.25) is 0 Å². The van der Waals surface area contributed by atoms with Crippen molar-refractivity contribution >= 4 is 17.7 Å². The molecule has 0 saturated heterocycles. The summed E-state index contributed by atoms with van der Waals surface area (Å²) >= 11 is 0. The number of amides is 2. The predicted octanol–water partition coefficient (Wildman–Crippen LogP) is 4.53. The number of urea groups is 1. The van der Waals surface area contributed by atoms with E-state index >= 15 is 0 Å². The zero-order chi connectivity index (χ0) is 23.9. The van der Waals surface area contributed by atoms with Gasteiger partial charge in [-0.1, -0.05) is 18.2 Å². The summed E-state index contributed by atoms with van der Waals surface area (Å²) in [6.45, 7) is 3.77. The van der Waals surface area contributed by atoms with Gasteiger partial charge in [-0.05, 0) is 85.9 Å². The average Bonchev–Trinajstić information content (AvgIpc) is 3.52. The topological polar surface area (TPSA) is 88.1 Å². The molecule has 1 unspecified atom stereocenters. The Morgan fingerprint density at radius 3 is 2.59 bits per heavy atom. The minimum atomic E-state index is -0.962. The van der Waals surface area contributed by atoms with Crippen LogP contribution >= 0.6 is 0 Å². The lowest BCUT2D eigenvalue weighted by molar-refractivity contribution is -0.149. The molecule has 0 spiro atoms. The minimum absolute atomic E-state index is 0.0839. The second-order valence-corrected chi connectivity index (χ2v) is 9.14. The molecule has 182 valence electrons. The Hall–Kier alpha value is -3.06. The molecule has 1 atom stereocenters. The van der Waals surface area contributed by atoms with Crippen LogP contribution in [-0.2, 0) is 28.8 Å².